The summed E-state index contributed by atoms with van der Waals surface area (Å²) < 4.78 is 34.4. The Morgan fingerprint density at radius 3 is 2.23 bits per heavy atom. The molecule has 0 aliphatic heterocycles. The third-order valence-corrected chi connectivity index (χ3v) is 8.44. The molecule has 3 aromatic carbocycles. The first-order chi connectivity index (χ1) is 19.0. The average Bonchev–Trinajstić information content (AvgIpc) is 2.92. The van der Waals surface area contributed by atoms with E-state index in [-0.39, 0.29) is 29.1 Å². The second-order valence-corrected chi connectivity index (χ2v) is 11.9. The number of rotatable bonds is 12. The monoisotopic (exact) mass is 565 g/mol. The quantitative estimate of drug-likeness (QED) is 0.339. The molecule has 3 rings (SSSR count). The molecule has 40 heavy (non-hydrogen) atoms. The minimum Gasteiger partial charge on any atom is -0.497 e. The molecule has 0 radical (unpaired) electrons. The number of sulfonamides is 1. The number of methoxy groups -OCH3 is 1. The Kier molecular flexibility index (Phi) is 10.3. The number of hydrogen-bond acceptors (Lipinski definition) is 5. The molecule has 0 aliphatic carbocycles. The zero-order valence-electron chi connectivity index (χ0n) is 24.0. The van der Waals surface area contributed by atoms with Crippen LogP contribution in [0.25, 0.3) is 0 Å². The normalized spacial score (nSPS) is 12.1. The molecule has 0 saturated heterocycles. The van der Waals surface area contributed by atoms with Gasteiger partial charge in [-0.3, -0.25) is 13.9 Å². The van der Waals surface area contributed by atoms with E-state index in [4.69, 9.17) is 4.74 Å². The lowest BCUT2D eigenvalue weighted by Gasteiger charge is -2.34. The van der Waals surface area contributed by atoms with E-state index in [1.807, 2.05) is 58.9 Å². The Hall–Kier alpha value is -3.85. The first-order valence-corrected chi connectivity index (χ1v) is 14.8. The molecule has 8 nitrogen and oxygen atoms in total. The molecular formula is C31H39N3O5S. The lowest BCUT2D eigenvalue weighted by molar-refractivity contribution is -0.140. The van der Waals surface area contributed by atoms with Crippen LogP contribution in [0.15, 0.2) is 77.7 Å². The van der Waals surface area contributed by atoms with E-state index in [1.54, 1.807) is 36.4 Å². The van der Waals surface area contributed by atoms with Gasteiger partial charge in [0.05, 0.1) is 17.7 Å². The van der Waals surface area contributed by atoms with E-state index in [9.17, 15) is 18.0 Å². The number of carbonyl (C=O) groups is 2. The third-order valence-electron chi connectivity index (χ3n) is 6.65. The van der Waals surface area contributed by atoms with E-state index in [0.717, 1.165) is 21.0 Å². The van der Waals surface area contributed by atoms with Gasteiger partial charge in [0.2, 0.25) is 11.8 Å². The van der Waals surface area contributed by atoms with Crippen molar-refractivity contribution in [2.24, 2.45) is 0 Å². The van der Waals surface area contributed by atoms with E-state index in [1.165, 1.54) is 24.1 Å². The maximum absolute atomic E-state index is 14.1. The van der Waals surface area contributed by atoms with Crippen LogP contribution in [0, 0.1) is 13.8 Å². The Bertz CT molecular complexity index is 1420. The number of ether oxygens (including phenoxy) is 1. The molecular weight excluding hydrogens is 526 g/mol. The van der Waals surface area contributed by atoms with Crippen molar-refractivity contribution in [2.75, 3.05) is 18.0 Å². The highest BCUT2D eigenvalue weighted by Gasteiger charge is 2.34. The molecule has 0 aliphatic rings. The molecule has 0 saturated carbocycles. The summed E-state index contributed by atoms with van der Waals surface area (Å²) in [6.45, 7) is 9.03. The average molecular weight is 566 g/mol. The summed E-state index contributed by atoms with van der Waals surface area (Å²) in [5.74, 6) is -0.324. The van der Waals surface area contributed by atoms with Crippen molar-refractivity contribution in [1.29, 1.82) is 0 Å². The largest absolute Gasteiger partial charge is 0.497 e. The van der Waals surface area contributed by atoms with Crippen LogP contribution < -0.4 is 14.4 Å². The van der Waals surface area contributed by atoms with Crippen molar-refractivity contribution in [3.05, 3.63) is 89.5 Å². The van der Waals surface area contributed by atoms with Crippen LogP contribution in [0.2, 0.25) is 0 Å². The van der Waals surface area contributed by atoms with Crippen LogP contribution in [-0.2, 0) is 26.2 Å². The first-order valence-electron chi connectivity index (χ1n) is 13.4. The fourth-order valence-electron chi connectivity index (χ4n) is 4.40. The molecule has 1 unspecified atom stereocenters. The van der Waals surface area contributed by atoms with Crippen LogP contribution in [0.5, 0.6) is 5.75 Å². The Morgan fingerprint density at radius 1 is 0.950 bits per heavy atom. The van der Waals surface area contributed by atoms with Crippen LogP contribution in [0.1, 0.15) is 43.9 Å². The predicted octanol–water partition coefficient (Wildman–Crippen LogP) is 4.84. The van der Waals surface area contributed by atoms with Gasteiger partial charge in [-0.25, -0.2) is 8.42 Å². The SMILES string of the molecule is CCC(C(=O)NC(C)C)N(Cc1ccccc1C)C(=O)CN(c1cccc(OC)c1)S(=O)(=O)c1ccc(C)cc1. The van der Waals surface area contributed by atoms with E-state index in [2.05, 4.69) is 5.32 Å². The molecule has 3 aromatic rings. The van der Waals surface area contributed by atoms with Gasteiger partial charge in [0.1, 0.15) is 18.3 Å². The number of amides is 2. The molecule has 0 aromatic heterocycles. The zero-order valence-corrected chi connectivity index (χ0v) is 24.9. The number of carbonyl (C=O) groups excluding carboxylic acids is 2. The third kappa shape index (κ3) is 7.41. The standard InChI is InChI=1S/C31H39N3O5S/c1-7-29(31(36)32-22(2)3)33(20-25-12-9-8-11-24(25)5)30(35)21-34(26-13-10-14-27(19-26)39-6)40(37,38)28-17-15-23(4)16-18-28/h8-19,22,29H,7,20-21H2,1-6H3,(H,32,36). The molecule has 2 amide bonds. The molecule has 1 atom stereocenters. The number of benzene rings is 3. The summed E-state index contributed by atoms with van der Waals surface area (Å²) in [5, 5.41) is 2.91. The summed E-state index contributed by atoms with van der Waals surface area (Å²) in [6, 6.07) is 19.8. The fourth-order valence-corrected chi connectivity index (χ4v) is 5.81. The highest BCUT2D eigenvalue weighted by molar-refractivity contribution is 7.92. The minimum atomic E-state index is -4.15. The highest BCUT2D eigenvalue weighted by atomic mass is 32.2. The topological polar surface area (TPSA) is 96.0 Å². The Morgan fingerprint density at radius 2 is 1.62 bits per heavy atom. The van der Waals surface area contributed by atoms with Gasteiger partial charge < -0.3 is 15.0 Å². The molecule has 0 heterocycles. The molecule has 1 N–H and O–H groups in total. The Balaban J connectivity index is 2.09. The lowest BCUT2D eigenvalue weighted by Crippen LogP contribution is -2.53. The second kappa shape index (κ2) is 13.5. The van der Waals surface area contributed by atoms with Crippen molar-refractivity contribution in [3.8, 4) is 5.75 Å². The number of aryl methyl sites for hydroxylation is 2. The summed E-state index contributed by atoms with van der Waals surface area (Å²) in [4.78, 5) is 28.9. The van der Waals surface area contributed by atoms with E-state index >= 15 is 0 Å². The van der Waals surface area contributed by atoms with Gasteiger partial charge >= 0.3 is 0 Å². The van der Waals surface area contributed by atoms with Crippen molar-refractivity contribution in [1.82, 2.24) is 10.2 Å². The Labute approximate surface area is 238 Å². The van der Waals surface area contributed by atoms with Crippen LogP contribution in [0.4, 0.5) is 5.69 Å². The smallest absolute Gasteiger partial charge is 0.264 e. The summed E-state index contributed by atoms with van der Waals surface area (Å²) in [5.41, 5.74) is 3.04. The van der Waals surface area contributed by atoms with Crippen LogP contribution >= 0.6 is 0 Å². The van der Waals surface area contributed by atoms with Crippen molar-refractivity contribution < 1.29 is 22.7 Å². The van der Waals surface area contributed by atoms with Gasteiger partial charge in [-0.05, 0) is 69.5 Å². The second-order valence-electron chi connectivity index (χ2n) is 10.1. The maximum atomic E-state index is 14.1. The lowest BCUT2D eigenvalue weighted by atomic mass is 10.1. The summed E-state index contributed by atoms with van der Waals surface area (Å²) >= 11 is 0. The number of nitrogens with zero attached hydrogens (tertiary/aromatic N) is 2. The molecule has 9 heteroatoms. The van der Waals surface area contributed by atoms with Gasteiger partial charge in [0, 0.05) is 18.7 Å². The van der Waals surface area contributed by atoms with Gasteiger partial charge in [0.25, 0.3) is 10.0 Å². The minimum absolute atomic E-state index is 0.0590. The van der Waals surface area contributed by atoms with E-state index in [0.29, 0.717) is 12.2 Å². The maximum Gasteiger partial charge on any atom is 0.264 e. The summed E-state index contributed by atoms with van der Waals surface area (Å²) in [6.07, 6.45) is 0.361. The van der Waals surface area contributed by atoms with Gasteiger partial charge in [-0.15, -0.1) is 0 Å². The van der Waals surface area contributed by atoms with Crippen LogP contribution in [0.3, 0.4) is 0 Å². The van der Waals surface area contributed by atoms with Gasteiger partial charge in [-0.2, -0.15) is 0 Å². The van der Waals surface area contributed by atoms with Crippen molar-refractivity contribution in [3.63, 3.8) is 0 Å². The van der Waals surface area contributed by atoms with E-state index < -0.39 is 28.5 Å². The number of nitrogens with one attached hydrogen (secondary N) is 1. The number of anilines is 1. The predicted molar refractivity (Wildman–Crippen MR) is 158 cm³/mol. The molecule has 214 valence electrons. The van der Waals surface area contributed by atoms with Crippen LogP contribution in [-0.4, -0.2) is 50.9 Å². The van der Waals surface area contributed by atoms with Gasteiger partial charge in [0.15, 0.2) is 0 Å². The zero-order chi connectivity index (χ0) is 29.4. The molecule has 0 spiro atoms. The molecule has 0 bridgehead atoms. The number of hydrogen-bond donors (Lipinski definition) is 1. The summed E-state index contributed by atoms with van der Waals surface area (Å²) in [7, 11) is -2.66. The van der Waals surface area contributed by atoms with Crippen molar-refractivity contribution in [2.45, 2.75) is 64.6 Å². The van der Waals surface area contributed by atoms with Gasteiger partial charge in [-0.1, -0.05) is 55.0 Å². The highest BCUT2D eigenvalue weighted by Crippen LogP contribution is 2.28. The fraction of sp³-hybridized carbons (Fsp3) is 0.355. The van der Waals surface area contributed by atoms with Crippen molar-refractivity contribution >= 4 is 27.5 Å². The first kappa shape index (κ1) is 30.7. The molecule has 0 fully saturated rings.